The van der Waals surface area contributed by atoms with Gasteiger partial charge in [-0.3, -0.25) is 19.6 Å². The molecule has 2 aromatic carbocycles. The van der Waals surface area contributed by atoms with Gasteiger partial charge in [-0.1, -0.05) is 11.6 Å². The second-order valence-corrected chi connectivity index (χ2v) is 8.48. The Kier molecular flexibility index (Phi) is 5.94. The Balaban J connectivity index is 1.97. The molecule has 1 aliphatic heterocycles. The summed E-state index contributed by atoms with van der Waals surface area (Å²) in [5.41, 5.74) is -0.321. The van der Waals surface area contributed by atoms with Gasteiger partial charge >= 0.3 is 0 Å². The highest BCUT2D eigenvalue weighted by Crippen LogP contribution is 2.30. The quantitative estimate of drug-likeness (QED) is 0.544. The van der Waals surface area contributed by atoms with Crippen molar-refractivity contribution in [3.8, 4) is 5.75 Å². The van der Waals surface area contributed by atoms with Crippen LogP contribution in [-0.2, 0) is 10.0 Å². The zero-order valence-electron chi connectivity index (χ0n) is 15.4. The number of hydrogen-bond donors (Lipinski definition) is 1. The third-order valence-electron chi connectivity index (χ3n) is 4.51. The molecule has 1 fully saturated rings. The molecule has 0 saturated carbocycles. The minimum atomic E-state index is -4.17. The van der Waals surface area contributed by atoms with E-state index in [1.165, 1.54) is 37.4 Å². The number of rotatable bonds is 6. The monoisotopic (exact) mass is 439 g/mol. The number of ether oxygens (including phenoxy) is 1. The summed E-state index contributed by atoms with van der Waals surface area (Å²) in [6.07, 6.45) is 1.78. The van der Waals surface area contributed by atoms with Crippen LogP contribution in [0.25, 0.3) is 0 Å². The lowest BCUT2D eigenvalue weighted by Crippen LogP contribution is -2.28. The van der Waals surface area contributed by atoms with E-state index in [-0.39, 0.29) is 38.5 Å². The number of nitro benzene ring substituents is 1. The van der Waals surface area contributed by atoms with Gasteiger partial charge in [-0.2, -0.15) is 0 Å². The van der Waals surface area contributed by atoms with Crippen molar-refractivity contribution in [2.75, 3.05) is 24.9 Å². The summed E-state index contributed by atoms with van der Waals surface area (Å²) in [4.78, 5) is 24.5. The smallest absolute Gasteiger partial charge is 0.271 e. The molecule has 29 heavy (non-hydrogen) atoms. The fourth-order valence-electron chi connectivity index (χ4n) is 3.02. The molecule has 1 heterocycles. The second-order valence-electron chi connectivity index (χ2n) is 6.39. The van der Waals surface area contributed by atoms with Crippen molar-refractivity contribution in [3.05, 3.63) is 57.1 Å². The van der Waals surface area contributed by atoms with Crippen molar-refractivity contribution in [2.24, 2.45) is 0 Å². The third-order valence-corrected chi connectivity index (χ3v) is 6.20. The van der Waals surface area contributed by atoms with Gasteiger partial charge in [0.15, 0.2) is 0 Å². The lowest BCUT2D eigenvalue weighted by atomic mass is 10.1. The summed E-state index contributed by atoms with van der Waals surface area (Å²) in [6, 6.07) is 7.33. The number of nitro groups is 1. The summed E-state index contributed by atoms with van der Waals surface area (Å²) in [6.45, 7) is 1.20. The van der Waals surface area contributed by atoms with E-state index >= 15 is 0 Å². The molecule has 0 aliphatic carbocycles. The van der Waals surface area contributed by atoms with Crippen LogP contribution in [-0.4, -0.2) is 44.3 Å². The molecule has 0 aromatic heterocycles. The van der Waals surface area contributed by atoms with E-state index in [4.69, 9.17) is 16.3 Å². The molecule has 0 atom stereocenters. The molecular weight excluding hydrogens is 422 g/mol. The number of amides is 1. The van der Waals surface area contributed by atoms with Crippen LogP contribution in [0.2, 0.25) is 5.02 Å². The molecule has 9 nitrogen and oxygen atoms in total. The van der Waals surface area contributed by atoms with Gasteiger partial charge in [0.05, 0.1) is 33.2 Å². The highest BCUT2D eigenvalue weighted by Gasteiger charge is 2.26. The van der Waals surface area contributed by atoms with Crippen molar-refractivity contribution >= 4 is 38.9 Å². The van der Waals surface area contributed by atoms with Crippen LogP contribution in [0.15, 0.2) is 41.3 Å². The van der Waals surface area contributed by atoms with Crippen LogP contribution in [0.4, 0.5) is 11.4 Å². The summed E-state index contributed by atoms with van der Waals surface area (Å²) in [5.74, 6) is -0.0565. The zero-order valence-corrected chi connectivity index (χ0v) is 17.0. The minimum absolute atomic E-state index is 0.000975. The zero-order chi connectivity index (χ0) is 21.2. The van der Waals surface area contributed by atoms with Crippen LogP contribution in [0, 0.1) is 10.1 Å². The van der Waals surface area contributed by atoms with Crippen LogP contribution in [0.3, 0.4) is 0 Å². The number of non-ortho nitro benzene ring substituents is 1. The Labute approximate surface area is 172 Å². The summed E-state index contributed by atoms with van der Waals surface area (Å²) in [7, 11) is -2.77. The highest BCUT2D eigenvalue weighted by atomic mass is 35.5. The van der Waals surface area contributed by atoms with E-state index in [0.717, 1.165) is 18.9 Å². The molecule has 1 aliphatic rings. The summed E-state index contributed by atoms with van der Waals surface area (Å²) >= 11 is 5.98. The molecule has 1 N–H and O–H groups in total. The van der Waals surface area contributed by atoms with Crippen molar-refractivity contribution in [1.82, 2.24) is 4.90 Å². The van der Waals surface area contributed by atoms with E-state index < -0.39 is 14.9 Å². The predicted octanol–water partition coefficient (Wildman–Crippen LogP) is 3.29. The fraction of sp³-hybridized carbons (Fsp3) is 0.278. The van der Waals surface area contributed by atoms with Gasteiger partial charge in [0.2, 0.25) is 0 Å². The Morgan fingerprint density at radius 3 is 2.52 bits per heavy atom. The molecule has 1 saturated heterocycles. The maximum atomic E-state index is 12.8. The Hall–Kier alpha value is -2.85. The van der Waals surface area contributed by atoms with E-state index in [0.29, 0.717) is 13.1 Å². The number of nitrogens with zero attached hydrogens (tertiary/aromatic N) is 2. The number of halogens is 1. The number of carbonyl (C=O) groups excluding carboxylic acids is 1. The summed E-state index contributed by atoms with van der Waals surface area (Å²) in [5, 5.41) is 10.9. The number of hydrogen-bond acceptors (Lipinski definition) is 6. The van der Waals surface area contributed by atoms with Crippen molar-refractivity contribution in [3.63, 3.8) is 0 Å². The molecule has 0 bridgehead atoms. The number of likely N-dealkylation sites (tertiary alicyclic amines) is 1. The largest absolute Gasteiger partial charge is 0.496 e. The van der Waals surface area contributed by atoms with Crippen LogP contribution < -0.4 is 9.46 Å². The lowest BCUT2D eigenvalue weighted by molar-refractivity contribution is -0.384. The van der Waals surface area contributed by atoms with Crippen molar-refractivity contribution in [1.29, 1.82) is 0 Å². The Bertz CT molecular complexity index is 1070. The van der Waals surface area contributed by atoms with Gasteiger partial charge in [-0.15, -0.1) is 0 Å². The maximum Gasteiger partial charge on any atom is 0.271 e. The standard InChI is InChI=1S/C18H18ClN3O6S/c1-28-17-7-5-13(11-14(17)18(23)21-8-2-3-9-21)29(26,27)20-16-10-12(22(24)25)4-6-15(16)19/h4-7,10-11,20H,2-3,8-9H2,1H3. The molecule has 0 spiro atoms. The van der Waals surface area contributed by atoms with E-state index in [2.05, 4.69) is 4.72 Å². The number of anilines is 1. The van der Waals surface area contributed by atoms with Gasteiger partial charge in [-0.05, 0) is 37.1 Å². The number of nitrogens with one attached hydrogen (secondary N) is 1. The first-order chi connectivity index (χ1) is 13.7. The van der Waals surface area contributed by atoms with E-state index in [1.807, 2.05) is 0 Å². The molecule has 0 unspecified atom stereocenters. The first-order valence-electron chi connectivity index (χ1n) is 8.67. The molecular formula is C18H18ClN3O6S. The van der Waals surface area contributed by atoms with E-state index in [9.17, 15) is 23.3 Å². The average molecular weight is 440 g/mol. The molecule has 1 amide bonds. The molecule has 2 aromatic rings. The van der Waals surface area contributed by atoms with Crippen molar-refractivity contribution in [2.45, 2.75) is 17.7 Å². The molecule has 11 heteroatoms. The van der Waals surface area contributed by atoms with Crippen LogP contribution >= 0.6 is 11.6 Å². The third kappa shape index (κ3) is 4.43. The number of methoxy groups -OCH3 is 1. The first kappa shape index (κ1) is 20.9. The van der Waals surface area contributed by atoms with Gasteiger partial charge < -0.3 is 9.64 Å². The highest BCUT2D eigenvalue weighted by molar-refractivity contribution is 7.92. The molecule has 0 radical (unpaired) electrons. The molecule has 3 rings (SSSR count). The predicted molar refractivity (Wildman–Crippen MR) is 107 cm³/mol. The van der Waals surface area contributed by atoms with Gasteiger partial charge in [-0.25, -0.2) is 8.42 Å². The minimum Gasteiger partial charge on any atom is -0.496 e. The maximum absolute atomic E-state index is 12.8. The number of sulfonamides is 1. The average Bonchev–Trinajstić information content (AvgIpc) is 3.23. The topological polar surface area (TPSA) is 119 Å². The Morgan fingerprint density at radius 1 is 1.21 bits per heavy atom. The van der Waals surface area contributed by atoms with Crippen LogP contribution in [0.1, 0.15) is 23.2 Å². The second kappa shape index (κ2) is 8.26. The van der Waals surface area contributed by atoms with Gasteiger partial charge in [0.1, 0.15) is 5.75 Å². The molecule has 154 valence electrons. The summed E-state index contributed by atoms with van der Waals surface area (Å²) < 4.78 is 33.1. The SMILES string of the molecule is COc1ccc(S(=O)(=O)Nc2cc([N+](=O)[O-])ccc2Cl)cc1C(=O)N1CCCC1. The van der Waals surface area contributed by atoms with Gasteiger partial charge in [0, 0.05) is 25.2 Å². The normalized spacial score (nSPS) is 13.9. The first-order valence-corrected chi connectivity index (χ1v) is 10.5. The number of carbonyl (C=O) groups is 1. The van der Waals surface area contributed by atoms with Gasteiger partial charge in [0.25, 0.3) is 21.6 Å². The lowest BCUT2D eigenvalue weighted by Gasteiger charge is -2.18. The fourth-order valence-corrected chi connectivity index (χ4v) is 4.34. The van der Waals surface area contributed by atoms with E-state index in [1.54, 1.807) is 4.90 Å². The van der Waals surface area contributed by atoms with Crippen molar-refractivity contribution < 1.29 is 22.9 Å². The Morgan fingerprint density at radius 2 is 1.90 bits per heavy atom. The van der Waals surface area contributed by atoms with Crippen LogP contribution in [0.5, 0.6) is 5.75 Å². The number of benzene rings is 2.